The van der Waals surface area contributed by atoms with E-state index in [1.54, 1.807) is 0 Å². The van der Waals surface area contributed by atoms with Gasteiger partial charge in [-0.15, -0.1) is 0 Å². The molecule has 0 N–H and O–H groups in total. The highest BCUT2D eigenvalue weighted by atomic mass is 35.5. The van der Waals surface area contributed by atoms with Gasteiger partial charge >= 0.3 is 12.1 Å². The van der Waals surface area contributed by atoms with Gasteiger partial charge < -0.3 is 9.47 Å². The SMILES string of the molecule is CCCCCCOC(=O)c1cc(Oc2ccc(C(F)(F)F)cc2Cl)ccc1[N+](=O)[O-]. The first-order chi connectivity index (χ1) is 14.1. The molecule has 0 aromatic heterocycles. The largest absolute Gasteiger partial charge is 0.462 e. The molecule has 0 aliphatic carbocycles. The Balaban J connectivity index is 2.21. The van der Waals surface area contributed by atoms with Crippen molar-refractivity contribution in [2.75, 3.05) is 6.61 Å². The fraction of sp³-hybridized carbons (Fsp3) is 0.350. The molecule has 0 aliphatic rings. The molecule has 0 heterocycles. The van der Waals surface area contributed by atoms with Crippen molar-refractivity contribution in [2.45, 2.75) is 38.8 Å². The number of nitro benzene ring substituents is 1. The lowest BCUT2D eigenvalue weighted by molar-refractivity contribution is -0.385. The van der Waals surface area contributed by atoms with Gasteiger partial charge in [-0.2, -0.15) is 13.2 Å². The number of esters is 1. The molecule has 0 atom stereocenters. The molecule has 10 heteroatoms. The Bertz CT molecular complexity index is 918. The van der Waals surface area contributed by atoms with E-state index in [4.69, 9.17) is 21.1 Å². The van der Waals surface area contributed by atoms with Crippen molar-refractivity contribution in [2.24, 2.45) is 0 Å². The number of carbonyl (C=O) groups excluding carboxylic acids is 1. The van der Waals surface area contributed by atoms with Crippen LogP contribution in [0, 0.1) is 10.1 Å². The van der Waals surface area contributed by atoms with Gasteiger partial charge in [0.05, 0.1) is 22.1 Å². The molecule has 0 amide bonds. The zero-order chi connectivity index (χ0) is 22.3. The number of carbonyl (C=O) groups is 1. The summed E-state index contributed by atoms with van der Waals surface area (Å²) in [5.41, 5.74) is -1.74. The molecule has 2 rings (SSSR count). The van der Waals surface area contributed by atoms with E-state index in [-0.39, 0.29) is 28.7 Å². The third-order valence-corrected chi connectivity index (χ3v) is 4.40. The predicted octanol–water partition coefficient (Wildman–Crippen LogP) is 6.80. The Labute approximate surface area is 175 Å². The average Bonchev–Trinajstić information content (AvgIpc) is 2.68. The quantitative estimate of drug-likeness (QED) is 0.183. The van der Waals surface area contributed by atoms with E-state index in [1.165, 1.54) is 6.07 Å². The van der Waals surface area contributed by atoms with Crippen molar-refractivity contribution in [3.8, 4) is 11.5 Å². The van der Waals surface area contributed by atoms with Gasteiger partial charge in [0.1, 0.15) is 17.1 Å². The van der Waals surface area contributed by atoms with Gasteiger partial charge in [0.2, 0.25) is 0 Å². The molecule has 0 radical (unpaired) electrons. The monoisotopic (exact) mass is 445 g/mol. The van der Waals surface area contributed by atoms with E-state index in [2.05, 4.69) is 0 Å². The third kappa shape index (κ3) is 6.35. The lowest BCUT2D eigenvalue weighted by atomic mass is 10.1. The van der Waals surface area contributed by atoms with Crippen LogP contribution in [0.4, 0.5) is 18.9 Å². The second-order valence-corrected chi connectivity index (χ2v) is 6.78. The van der Waals surface area contributed by atoms with Crippen LogP contribution < -0.4 is 4.74 Å². The molecule has 2 aromatic rings. The molecule has 0 aliphatic heterocycles. The summed E-state index contributed by atoms with van der Waals surface area (Å²) in [6.07, 6.45) is -1.09. The molecular formula is C20H19ClF3NO5. The van der Waals surface area contributed by atoms with Crippen molar-refractivity contribution in [3.63, 3.8) is 0 Å². The van der Waals surface area contributed by atoms with Crippen LogP contribution in [0.25, 0.3) is 0 Å². The summed E-state index contributed by atoms with van der Waals surface area (Å²) in [5.74, 6) is -1.00. The highest BCUT2D eigenvalue weighted by Crippen LogP contribution is 2.37. The number of benzene rings is 2. The summed E-state index contributed by atoms with van der Waals surface area (Å²) in [4.78, 5) is 22.8. The topological polar surface area (TPSA) is 78.7 Å². The van der Waals surface area contributed by atoms with Crippen LogP contribution in [0.3, 0.4) is 0 Å². The van der Waals surface area contributed by atoms with Gasteiger partial charge in [-0.3, -0.25) is 10.1 Å². The molecule has 0 bridgehead atoms. The molecule has 6 nitrogen and oxygen atoms in total. The van der Waals surface area contributed by atoms with Crippen LogP contribution in [0.5, 0.6) is 11.5 Å². The highest BCUT2D eigenvalue weighted by Gasteiger charge is 2.31. The number of alkyl halides is 3. The van der Waals surface area contributed by atoms with Gasteiger partial charge in [0, 0.05) is 12.1 Å². The minimum absolute atomic E-state index is 0.0137. The van der Waals surface area contributed by atoms with Gasteiger partial charge in [-0.25, -0.2) is 4.79 Å². The Kier molecular flexibility index (Phi) is 8.05. The van der Waals surface area contributed by atoms with Gasteiger partial charge in [-0.05, 0) is 30.7 Å². The van der Waals surface area contributed by atoms with E-state index in [0.717, 1.165) is 43.5 Å². The number of unbranched alkanes of at least 4 members (excludes halogenated alkanes) is 3. The van der Waals surface area contributed by atoms with Crippen molar-refractivity contribution in [1.82, 2.24) is 0 Å². The minimum Gasteiger partial charge on any atom is -0.462 e. The number of nitrogens with zero attached hydrogens (tertiary/aromatic N) is 1. The second kappa shape index (κ2) is 10.3. The summed E-state index contributed by atoms with van der Waals surface area (Å²) in [6, 6.07) is 5.88. The fourth-order valence-electron chi connectivity index (χ4n) is 2.56. The van der Waals surface area contributed by atoms with Crippen molar-refractivity contribution < 1.29 is 32.4 Å². The molecule has 162 valence electrons. The third-order valence-electron chi connectivity index (χ3n) is 4.10. The smallest absolute Gasteiger partial charge is 0.416 e. The van der Waals surface area contributed by atoms with E-state index in [1.807, 2.05) is 6.92 Å². The number of nitro groups is 1. The first-order valence-electron chi connectivity index (χ1n) is 9.13. The maximum Gasteiger partial charge on any atom is 0.416 e. The van der Waals surface area contributed by atoms with E-state index in [0.29, 0.717) is 12.5 Å². The first-order valence-corrected chi connectivity index (χ1v) is 9.51. The first kappa shape index (κ1) is 23.5. The lowest BCUT2D eigenvalue weighted by Gasteiger charge is -2.12. The summed E-state index contributed by atoms with van der Waals surface area (Å²) in [5, 5.41) is 10.9. The van der Waals surface area contributed by atoms with Crippen molar-refractivity contribution in [1.29, 1.82) is 0 Å². The van der Waals surface area contributed by atoms with Crippen LogP contribution in [-0.2, 0) is 10.9 Å². The second-order valence-electron chi connectivity index (χ2n) is 6.38. The van der Waals surface area contributed by atoms with Crippen LogP contribution in [0.1, 0.15) is 48.5 Å². The molecule has 30 heavy (non-hydrogen) atoms. The number of rotatable bonds is 9. The lowest BCUT2D eigenvalue weighted by Crippen LogP contribution is -2.09. The Morgan fingerprint density at radius 2 is 1.87 bits per heavy atom. The van der Waals surface area contributed by atoms with Crippen molar-refractivity contribution >= 4 is 23.3 Å². The summed E-state index contributed by atoms with van der Waals surface area (Å²) < 4.78 is 48.8. The molecule has 0 saturated heterocycles. The number of hydrogen-bond acceptors (Lipinski definition) is 5. The Hall–Kier alpha value is -2.81. The standard InChI is InChI=1S/C20H19ClF3NO5/c1-2-3-4-5-10-29-19(26)15-12-14(7-8-17(15)25(27)28)30-18-9-6-13(11-16(18)21)20(22,23)24/h6-9,11-12H,2-5,10H2,1H3. The fourth-order valence-corrected chi connectivity index (χ4v) is 2.78. The number of halogens is 4. The molecule has 0 unspecified atom stereocenters. The summed E-state index contributed by atoms with van der Waals surface area (Å²) in [6.45, 7) is 2.15. The van der Waals surface area contributed by atoms with Crippen LogP contribution >= 0.6 is 11.6 Å². The molecule has 0 fully saturated rings. The normalized spacial score (nSPS) is 11.2. The van der Waals surface area contributed by atoms with Crippen LogP contribution in [0.2, 0.25) is 5.02 Å². The summed E-state index contributed by atoms with van der Waals surface area (Å²) >= 11 is 5.85. The van der Waals surface area contributed by atoms with E-state index < -0.39 is 28.3 Å². The van der Waals surface area contributed by atoms with Gasteiger partial charge in [0.25, 0.3) is 5.69 Å². The highest BCUT2D eigenvalue weighted by molar-refractivity contribution is 6.32. The zero-order valence-electron chi connectivity index (χ0n) is 16.0. The Morgan fingerprint density at radius 3 is 2.47 bits per heavy atom. The predicted molar refractivity (Wildman–Crippen MR) is 104 cm³/mol. The molecular weight excluding hydrogens is 427 g/mol. The molecule has 2 aromatic carbocycles. The summed E-state index contributed by atoms with van der Waals surface area (Å²) in [7, 11) is 0. The minimum atomic E-state index is -4.57. The zero-order valence-corrected chi connectivity index (χ0v) is 16.8. The average molecular weight is 446 g/mol. The number of hydrogen-bond donors (Lipinski definition) is 0. The van der Waals surface area contributed by atoms with E-state index >= 15 is 0 Å². The van der Waals surface area contributed by atoms with E-state index in [9.17, 15) is 28.1 Å². The van der Waals surface area contributed by atoms with Gasteiger partial charge in [-0.1, -0.05) is 37.8 Å². The number of ether oxygens (including phenoxy) is 2. The van der Waals surface area contributed by atoms with Crippen molar-refractivity contribution in [3.05, 3.63) is 62.7 Å². The maximum atomic E-state index is 12.7. The molecule has 0 saturated carbocycles. The molecule has 0 spiro atoms. The van der Waals surface area contributed by atoms with Crippen LogP contribution in [-0.4, -0.2) is 17.5 Å². The maximum absolute atomic E-state index is 12.7. The van der Waals surface area contributed by atoms with Crippen LogP contribution in [0.15, 0.2) is 36.4 Å². The van der Waals surface area contributed by atoms with Gasteiger partial charge in [0.15, 0.2) is 0 Å². The Morgan fingerprint density at radius 1 is 1.13 bits per heavy atom.